The predicted molar refractivity (Wildman–Crippen MR) is 129 cm³/mol. The third kappa shape index (κ3) is 4.51. The highest BCUT2D eigenvalue weighted by atomic mass is 16.5. The van der Waals surface area contributed by atoms with Crippen molar-refractivity contribution >= 4 is 6.08 Å². The van der Waals surface area contributed by atoms with Gasteiger partial charge in [-0.15, -0.1) is 0 Å². The van der Waals surface area contributed by atoms with Crippen LogP contribution < -0.4 is 14.8 Å². The summed E-state index contributed by atoms with van der Waals surface area (Å²) in [6.07, 6.45) is 4.83. The summed E-state index contributed by atoms with van der Waals surface area (Å²) < 4.78 is 11.6. The van der Waals surface area contributed by atoms with Crippen molar-refractivity contribution in [1.29, 1.82) is 0 Å². The molecule has 0 spiro atoms. The van der Waals surface area contributed by atoms with Gasteiger partial charge in [0.15, 0.2) is 0 Å². The molecule has 1 N–H and O–H groups in total. The first-order valence-corrected chi connectivity index (χ1v) is 11.4. The number of rotatable bonds is 7. The Kier molecular flexibility index (Phi) is 6.13. The van der Waals surface area contributed by atoms with E-state index < -0.39 is 0 Å². The van der Waals surface area contributed by atoms with E-state index in [1.165, 1.54) is 29.7 Å². The van der Waals surface area contributed by atoms with Gasteiger partial charge in [0, 0.05) is 30.9 Å². The number of nitrogens with one attached hydrogen (secondary N) is 1. The van der Waals surface area contributed by atoms with E-state index in [1.54, 1.807) is 7.11 Å². The summed E-state index contributed by atoms with van der Waals surface area (Å²) in [5.41, 5.74) is 3.76. The number of methoxy groups -OCH3 is 1. The summed E-state index contributed by atoms with van der Waals surface area (Å²) in [6.45, 7) is 3.08. The second-order valence-corrected chi connectivity index (χ2v) is 8.55. The number of hydrogen-bond donors (Lipinski definition) is 1. The molecule has 3 aliphatic rings. The van der Waals surface area contributed by atoms with Crippen molar-refractivity contribution in [2.24, 2.45) is 5.92 Å². The summed E-state index contributed by atoms with van der Waals surface area (Å²) in [7, 11) is 1.74. The van der Waals surface area contributed by atoms with Gasteiger partial charge in [-0.3, -0.25) is 0 Å². The zero-order valence-corrected chi connectivity index (χ0v) is 18.5. The monoisotopic (exact) mass is 426 g/mol. The van der Waals surface area contributed by atoms with Gasteiger partial charge in [-0.1, -0.05) is 48.5 Å². The molecule has 32 heavy (non-hydrogen) atoms. The van der Waals surface area contributed by atoms with Crippen molar-refractivity contribution in [3.63, 3.8) is 0 Å². The van der Waals surface area contributed by atoms with Gasteiger partial charge in [-0.25, -0.2) is 0 Å². The molecular weight excluding hydrogens is 396 g/mol. The van der Waals surface area contributed by atoms with E-state index in [2.05, 4.69) is 46.6 Å². The maximum absolute atomic E-state index is 6.06. The van der Waals surface area contributed by atoms with Gasteiger partial charge in [0.2, 0.25) is 0 Å². The molecule has 3 fully saturated rings. The minimum absolute atomic E-state index is 0.348. The fourth-order valence-corrected chi connectivity index (χ4v) is 4.91. The average molecular weight is 427 g/mol. The molecule has 164 valence electrons. The molecule has 0 saturated carbocycles. The molecule has 6 rings (SSSR count). The van der Waals surface area contributed by atoms with Crippen LogP contribution in [0.15, 0.2) is 84.6 Å². The van der Waals surface area contributed by atoms with Crippen LogP contribution in [0.4, 0.5) is 0 Å². The van der Waals surface area contributed by atoms with E-state index in [9.17, 15) is 0 Å². The predicted octanol–water partition coefficient (Wildman–Crippen LogP) is 5.71. The van der Waals surface area contributed by atoms with Crippen LogP contribution in [-0.4, -0.2) is 31.1 Å². The Balaban J connectivity index is 1.37. The van der Waals surface area contributed by atoms with Gasteiger partial charge < -0.3 is 19.7 Å². The quantitative estimate of drug-likeness (QED) is 0.524. The Hall–Kier alpha value is -3.24. The van der Waals surface area contributed by atoms with Crippen molar-refractivity contribution in [2.75, 3.05) is 20.2 Å². The van der Waals surface area contributed by atoms with Crippen molar-refractivity contribution < 1.29 is 9.47 Å². The standard InChI is InChI=1S/C28H30N2O2/c1-31-27-13-6-5-9-23(27)20-29-28-22-14-16-30(17-15-22)26(28)19-21-8-7-12-25(18-21)32-24-10-3-2-4-11-24/h2-13,18-19,22,28-29H,14-17,20H2,1H3/b26-19-. The second kappa shape index (κ2) is 9.49. The number of nitrogens with zero attached hydrogens (tertiary/aromatic N) is 1. The van der Waals surface area contributed by atoms with Crippen molar-refractivity contribution in [1.82, 2.24) is 10.2 Å². The maximum Gasteiger partial charge on any atom is 0.128 e. The highest BCUT2D eigenvalue weighted by Gasteiger charge is 2.37. The Morgan fingerprint density at radius 3 is 2.47 bits per heavy atom. The summed E-state index contributed by atoms with van der Waals surface area (Å²) in [4.78, 5) is 2.55. The SMILES string of the molecule is COc1ccccc1CNC1/C(=C/c2cccc(Oc3ccccc3)c2)N2CCC1CC2. The lowest BCUT2D eigenvalue weighted by atomic mass is 9.81. The number of para-hydroxylation sites is 2. The van der Waals surface area contributed by atoms with Crippen LogP contribution in [0.2, 0.25) is 0 Å². The minimum Gasteiger partial charge on any atom is -0.496 e. The number of benzene rings is 3. The number of ether oxygens (including phenoxy) is 2. The van der Waals surface area contributed by atoms with E-state index in [-0.39, 0.29) is 0 Å². The van der Waals surface area contributed by atoms with Crippen LogP contribution in [0, 0.1) is 5.92 Å². The molecule has 4 heteroatoms. The average Bonchev–Trinajstić information content (AvgIpc) is 2.85. The molecule has 3 saturated heterocycles. The van der Waals surface area contributed by atoms with E-state index in [0.717, 1.165) is 36.9 Å². The molecule has 0 aliphatic carbocycles. The molecule has 0 aromatic heterocycles. The van der Waals surface area contributed by atoms with Gasteiger partial charge in [-0.05, 0) is 60.7 Å². The second-order valence-electron chi connectivity index (χ2n) is 8.55. The first kappa shape index (κ1) is 20.7. The topological polar surface area (TPSA) is 33.7 Å². The highest BCUT2D eigenvalue weighted by molar-refractivity contribution is 5.57. The van der Waals surface area contributed by atoms with Crippen LogP contribution in [0.5, 0.6) is 17.2 Å². The van der Waals surface area contributed by atoms with E-state index in [1.807, 2.05) is 48.5 Å². The third-order valence-electron chi connectivity index (χ3n) is 6.55. The van der Waals surface area contributed by atoms with E-state index >= 15 is 0 Å². The molecule has 3 aliphatic heterocycles. The molecule has 3 aromatic rings. The lowest BCUT2D eigenvalue weighted by Gasteiger charge is -2.48. The Labute approximate surface area is 190 Å². The number of fused-ring (bicyclic) bond motifs is 3. The molecule has 3 heterocycles. The van der Waals surface area contributed by atoms with E-state index in [4.69, 9.17) is 9.47 Å². The Morgan fingerprint density at radius 2 is 1.66 bits per heavy atom. The molecule has 1 atom stereocenters. The molecule has 4 nitrogen and oxygen atoms in total. The molecule has 1 unspecified atom stereocenters. The Bertz CT molecular complexity index is 1070. The first-order valence-electron chi connectivity index (χ1n) is 11.4. The van der Waals surface area contributed by atoms with Gasteiger partial charge in [-0.2, -0.15) is 0 Å². The lowest BCUT2D eigenvalue weighted by molar-refractivity contribution is 0.123. The molecule has 0 radical (unpaired) electrons. The van der Waals surface area contributed by atoms with Crippen LogP contribution in [0.1, 0.15) is 24.0 Å². The normalized spacial score (nSPS) is 21.0. The third-order valence-corrected chi connectivity index (χ3v) is 6.55. The van der Waals surface area contributed by atoms with Gasteiger partial charge in [0.05, 0.1) is 13.2 Å². The molecule has 2 bridgehead atoms. The van der Waals surface area contributed by atoms with Crippen LogP contribution in [0.3, 0.4) is 0 Å². The van der Waals surface area contributed by atoms with Crippen molar-refractivity contribution in [3.8, 4) is 17.2 Å². The van der Waals surface area contributed by atoms with Crippen LogP contribution in [-0.2, 0) is 6.54 Å². The zero-order chi connectivity index (χ0) is 21.8. The molecule has 0 amide bonds. The smallest absolute Gasteiger partial charge is 0.128 e. The Morgan fingerprint density at radius 1 is 0.906 bits per heavy atom. The summed E-state index contributed by atoms with van der Waals surface area (Å²) in [5.74, 6) is 3.33. The maximum atomic E-state index is 6.06. The molecular formula is C28H30N2O2. The van der Waals surface area contributed by atoms with Crippen molar-refractivity contribution in [3.05, 3.63) is 95.7 Å². The number of piperidine rings is 3. The van der Waals surface area contributed by atoms with Gasteiger partial charge in [0.25, 0.3) is 0 Å². The fraction of sp³-hybridized carbons (Fsp3) is 0.286. The zero-order valence-electron chi connectivity index (χ0n) is 18.5. The minimum atomic E-state index is 0.348. The highest BCUT2D eigenvalue weighted by Crippen LogP contribution is 2.36. The van der Waals surface area contributed by atoms with Crippen molar-refractivity contribution in [2.45, 2.75) is 25.4 Å². The summed E-state index contributed by atoms with van der Waals surface area (Å²) >= 11 is 0. The lowest BCUT2D eigenvalue weighted by Crippen LogP contribution is -2.54. The largest absolute Gasteiger partial charge is 0.496 e. The summed E-state index contributed by atoms with van der Waals surface area (Å²) in [6, 6.07) is 26.9. The van der Waals surface area contributed by atoms with Gasteiger partial charge >= 0.3 is 0 Å². The summed E-state index contributed by atoms with van der Waals surface area (Å²) in [5, 5.41) is 3.85. The van der Waals surface area contributed by atoms with Crippen LogP contribution >= 0.6 is 0 Å². The first-order chi connectivity index (χ1) is 15.8. The fourth-order valence-electron chi connectivity index (χ4n) is 4.91. The molecule has 3 aromatic carbocycles. The number of hydrogen-bond acceptors (Lipinski definition) is 4. The van der Waals surface area contributed by atoms with Gasteiger partial charge in [0.1, 0.15) is 17.2 Å². The van der Waals surface area contributed by atoms with Crippen LogP contribution in [0.25, 0.3) is 6.08 Å². The van der Waals surface area contributed by atoms with E-state index in [0.29, 0.717) is 12.0 Å².